The first-order valence-corrected chi connectivity index (χ1v) is 10.1. The minimum atomic E-state index is -3.05. The van der Waals surface area contributed by atoms with Crippen LogP contribution in [0.5, 0.6) is 0 Å². The Hall–Kier alpha value is -2.22. The molecule has 6 nitrogen and oxygen atoms in total. The van der Waals surface area contributed by atoms with Crippen molar-refractivity contribution in [2.45, 2.75) is 31.2 Å². The molecule has 1 N–H and O–H groups in total. The zero-order valence-electron chi connectivity index (χ0n) is 13.5. The number of benzene rings is 1. The Morgan fingerprint density at radius 1 is 1.20 bits per heavy atom. The lowest BCUT2D eigenvalue weighted by atomic mass is 10.2. The van der Waals surface area contributed by atoms with Crippen molar-refractivity contribution in [3.63, 3.8) is 0 Å². The summed E-state index contributed by atoms with van der Waals surface area (Å²) < 4.78 is 37.9. The molecular weight excluding hydrogens is 345 g/mol. The predicted molar refractivity (Wildman–Crippen MR) is 90.0 cm³/mol. The maximum absolute atomic E-state index is 13.2. The average Bonchev–Trinajstić information content (AvgIpc) is 3.22. The number of halogens is 1. The molecular formula is C17H18FN3O3S. The second kappa shape index (κ2) is 5.94. The van der Waals surface area contributed by atoms with E-state index in [-0.39, 0.29) is 35.0 Å². The molecule has 0 spiro atoms. The molecule has 4 rings (SSSR count). The molecule has 2 heterocycles. The van der Waals surface area contributed by atoms with Gasteiger partial charge in [0.25, 0.3) is 5.91 Å². The summed E-state index contributed by atoms with van der Waals surface area (Å²) in [5.41, 5.74) is 1.89. The third kappa shape index (κ3) is 3.44. The third-order valence-corrected chi connectivity index (χ3v) is 6.37. The fraction of sp³-hybridized carbons (Fsp3) is 0.412. The second-order valence-corrected chi connectivity index (χ2v) is 8.92. The van der Waals surface area contributed by atoms with Crippen LogP contribution in [0.2, 0.25) is 0 Å². The molecule has 1 aliphatic heterocycles. The molecule has 2 fully saturated rings. The first-order valence-electron chi connectivity index (χ1n) is 8.28. The molecule has 1 unspecified atom stereocenters. The van der Waals surface area contributed by atoms with Crippen molar-refractivity contribution in [1.29, 1.82) is 0 Å². The van der Waals surface area contributed by atoms with Gasteiger partial charge in [-0.3, -0.25) is 4.79 Å². The predicted octanol–water partition coefficient (Wildman–Crippen LogP) is 1.81. The summed E-state index contributed by atoms with van der Waals surface area (Å²) in [6.07, 6.45) is 2.51. The maximum Gasteiger partial charge on any atom is 0.272 e. The normalized spacial score (nSPS) is 22.0. The van der Waals surface area contributed by atoms with Gasteiger partial charge in [0.05, 0.1) is 17.2 Å². The minimum absolute atomic E-state index is 0.0209. The quantitative estimate of drug-likeness (QED) is 0.898. The van der Waals surface area contributed by atoms with Crippen LogP contribution in [0.15, 0.2) is 30.3 Å². The molecule has 1 atom stereocenters. The van der Waals surface area contributed by atoms with Crippen LogP contribution in [-0.2, 0) is 9.84 Å². The van der Waals surface area contributed by atoms with Gasteiger partial charge in [0.15, 0.2) is 15.5 Å². The van der Waals surface area contributed by atoms with Crippen LogP contribution < -0.4 is 5.32 Å². The first kappa shape index (κ1) is 16.3. The smallest absolute Gasteiger partial charge is 0.272 e. The highest BCUT2D eigenvalue weighted by atomic mass is 32.2. The van der Waals surface area contributed by atoms with Crippen molar-refractivity contribution in [2.24, 2.45) is 0 Å². The summed E-state index contributed by atoms with van der Waals surface area (Å²) in [5.74, 6) is -0.262. The van der Waals surface area contributed by atoms with Crippen LogP contribution in [0.4, 0.5) is 4.39 Å². The molecule has 1 aromatic heterocycles. The maximum atomic E-state index is 13.2. The van der Waals surface area contributed by atoms with E-state index in [0.29, 0.717) is 18.0 Å². The van der Waals surface area contributed by atoms with Crippen LogP contribution in [0.25, 0.3) is 5.69 Å². The standard InChI is InChI=1S/C17H18FN3O3S/c18-12-3-5-14(6-4-12)21-16(11-1-2-11)9-15(20-21)17(22)19-13-7-8-25(23,24)10-13/h3-6,9,11,13H,1-2,7-8,10H2,(H,19,22). The van der Waals surface area contributed by atoms with E-state index in [2.05, 4.69) is 10.4 Å². The van der Waals surface area contributed by atoms with E-state index < -0.39 is 9.84 Å². The van der Waals surface area contributed by atoms with E-state index in [1.54, 1.807) is 22.9 Å². The number of nitrogens with zero attached hydrogens (tertiary/aromatic N) is 2. The van der Waals surface area contributed by atoms with Crippen molar-refractivity contribution in [1.82, 2.24) is 15.1 Å². The molecule has 1 saturated carbocycles. The largest absolute Gasteiger partial charge is 0.347 e. The van der Waals surface area contributed by atoms with Crippen LogP contribution in [0.3, 0.4) is 0 Å². The van der Waals surface area contributed by atoms with E-state index in [1.165, 1.54) is 12.1 Å². The summed E-state index contributed by atoms with van der Waals surface area (Å²) in [6, 6.07) is 7.35. The molecule has 2 aromatic rings. The van der Waals surface area contributed by atoms with Gasteiger partial charge in [0, 0.05) is 17.7 Å². The van der Waals surface area contributed by atoms with Gasteiger partial charge in [-0.2, -0.15) is 5.10 Å². The lowest BCUT2D eigenvalue weighted by molar-refractivity contribution is 0.0935. The molecule has 0 radical (unpaired) electrons. The zero-order chi connectivity index (χ0) is 17.6. The zero-order valence-corrected chi connectivity index (χ0v) is 14.3. The molecule has 1 amide bonds. The van der Waals surface area contributed by atoms with Crippen molar-refractivity contribution in [3.05, 3.63) is 47.5 Å². The van der Waals surface area contributed by atoms with Crippen molar-refractivity contribution in [3.8, 4) is 5.69 Å². The van der Waals surface area contributed by atoms with Gasteiger partial charge < -0.3 is 5.32 Å². The Labute approximate surface area is 145 Å². The summed E-state index contributed by atoms with van der Waals surface area (Å²) in [4.78, 5) is 12.5. The summed E-state index contributed by atoms with van der Waals surface area (Å²) in [7, 11) is -3.05. The van der Waals surface area contributed by atoms with E-state index in [9.17, 15) is 17.6 Å². The number of amides is 1. The van der Waals surface area contributed by atoms with Crippen molar-refractivity contribution < 1.29 is 17.6 Å². The highest BCUT2D eigenvalue weighted by Gasteiger charge is 2.32. The summed E-state index contributed by atoms with van der Waals surface area (Å²) in [5, 5.41) is 7.14. The third-order valence-electron chi connectivity index (χ3n) is 4.60. The van der Waals surface area contributed by atoms with Gasteiger partial charge in [-0.15, -0.1) is 0 Å². The van der Waals surface area contributed by atoms with Gasteiger partial charge in [-0.1, -0.05) is 0 Å². The average molecular weight is 363 g/mol. The monoisotopic (exact) mass is 363 g/mol. The van der Waals surface area contributed by atoms with Crippen molar-refractivity contribution >= 4 is 15.7 Å². The van der Waals surface area contributed by atoms with Crippen LogP contribution in [-0.4, -0.2) is 41.7 Å². The fourth-order valence-corrected chi connectivity index (χ4v) is 4.81. The Morgan fingerprint density at radius 3 is 2.52 bits per heavy atom. The number of nitrogens with one attached hydrogen (secondary N) is 1. The van der Waals surface area contributed by atoms with Gasteiger partial charge in [0.1, 0.15) is 5.82 Å². The SMILES string of the molecule is O=C(NC1CCS(=O)(=O)C1)c1cc(C2CC2)n(-c2ccc(F)cc2)n1. The van der Waals surface area contributed by atoms with Gasteiger partial charge >= 0.3 is 0 Å². The minimum Gasteiger partial charge on any atom is -0.347 e. The Balaban J connectivity index is 1.59. The first-order chi connectivity index (χ1) is 11.9. The topological polar surface area (TPSA) is 81.1 Å². The lowest BCUT2D eigenvalue weighted by Gasteiger charge is -2.09. The molecule has 1 aromatic carbocycles. The number of carbonyl (C=O) groups excluding carboxylic acids is 1. The van der Waals surface area contributed by atoms with Crippen LogP contribution >= 0.6 is 0 Å². The molecule has 132 valence electrons. The van der Waals surface area contributed by atoms with Crippen LogP contribution in [0.1, 0.15) is 41.4 Å². The number of hydrogen-bond donors (Lipinski definition) is 1. The van der Waals surface area contributed by atoms with Crippen molar-refractivity contribution in [2.75, 3.05) is 11.5 Å². The fourth-order valence-electron chi connectivity index (χ4n) is 3.13. The number of rotatable bonds is 4. The molecule has 2 aliphatic rings. The molecule has 1 aliphatic carbocycles. The van der Waals surface area contributed by atoms with E-state index in [1.807, 2.05) is 0 Å². The van der Waals surface area contributed by atoms with E-state index in [4.69, 9.17) is 0 Å². The Bertz CT molecular complexity index is 917. The summed E-state index contributed by atoms with van der Waals surface area (Å²) >= 11 is 0. The number of aromatic nitrogens is 2. The second-order valence-electron chi connectivity index (χ2n) is 6.69. The van der Waals surface area contributed by atoms with Gasteiger partial charge in [0.2, 0.25) is 0 Å². The number of hydrogen-bond acceptors (Lipinski definition) is 4. The van der Waals surface area contributed by atoms with E-state index in [0.717, 1.165) is 18.5 Å². The molecule has 0 bridgehead atoms. The number of sulfone groups is 1. The Morgan fingerprint density at radius 2 is 1.92 bits per heavy atom. The summed E-state index contributed by atoms with van der Waals surface area (Å²) in [6.45, 7) is 0. The Kier molecular flexibility index (Phi) is 3.87. The molecule has 1 saturated heterocycles. The lowest BCUT2D eigenvalue weighted by Crippen LogP contribution is -2.35. The van der Waals surface area contributed by atoms with Gasteiger partial charge in [-0.05, 0) is 49.6 Å². The van der Waals surface area contributed by atoms with Gasteiger partial charge in [-0.25, -0.2) is 17.5 Å². The highest BCUT2D eigenvalue weighted by Crippen LogP contribution is 2.41. The molecule has 8 heteroatoms. The number of carbonyl (C=O) groups is 1. The van der Waals surface area contributed by atoms with Crippen LogP contribution in [0, 0.1) is 5.82 Å². The highest BCUT2D eigenvalue weighted by molar-refractivity contribution is 7.91. The molecule has 25 heavy (non-hydrogen) atoms. The van der Waals surface area contributed by atoms with E-state index >= 15 is 0 Å².